The Hall–Kier alpha value is -1.16. The molecule has 0 aliphatic rings. The maximum Gasteiger partial charge on any atom is 0.142 e. The monoisotopic (exact) mass is 190 g/mol. The topological polar surface area (TPSA) is 49.9 Å². The van der Waals surface area contributed by atoms with E-state index in [-0.39, 0.29) is 10.6 Å². The molecule has 0 bridgehead atoms. The second-order valence-electron chi connectivity index (χ2n) is 2.16. The molecule has 0 aromatic heterocycles. The van der Waals surface area contributed by atoms with Crippen molar-refractivity contribution < 1.29 is 8.78 Å². The van der Waals surface area contributed by atoms with Crippen LogP contribution < -0.4 is 5.73 Å². The summed E-state index contributed by atoms with van der Waals surface area (Å²) in [7, 11) is 0. The molecule has 0 atom stereocenters. The molecule has 0 amide bonds. The Morgan fingerprint density at radius 2 is 1.92 bits per heavy atom. The van der Waals surface area contributed by atoms with Crippen molar-refractivity contribution >= 4 is 17.4 Å². The predicted octanol–water partition coefficient (Wildman–Crippen LogP) is 1.90. The highest BCUT2D eigenvalue weighted by Gasteiger charge is 2.09. The van der Waals surface area contributed by atoms with Gasteiger partial charge in [0.05, 0.1) is 10.6 Å². The lowest BCUT2D eigenvalue weighted by Crippen LogP contribution is -2.13. The van der Waals surface area contributed by atoms with E-state index in [9.17, 15) is 8.78 Å². The smallest absolute Gasteiger partial charge is 0.142 e. The molecule has 12 heavy (non-hydrogen) atoms. The summed E-state index contributed by atoms with van der Waals surface area (Å²) in [6, 6.07) is 1.58. The van der Waals surface area contributed by atoms with Crippen molar-refractivity contribution in [3.8, 4) is 0 Å². The van der Waals surface area contributed by atoms with Gasteiger partial charge in [0.1, 0.15) is 17.5 Å². The number of rotatable bonds is 1. The number of amidine groups is 1. The van der Waals surface area contributed by atoms with Crippen LogP contribution in [0.15, 0.2) is 12.1 Å². The molecule has 5 heteroatoms. The van der Waals surface area contributed by atoms with E-state index in [2.05, 4.69) is 0 Å². The molecule has 1 rings (SSSR count). The van der Waals surface area contributed by atoms with Crippen LogP contribution in [0.25, 0.3) is 0 Å². The fraction of sp³-hybridized carbons (Fsp3) is 0. The van der Waals surface area contributed by atoms with Gasteiger partial charge in [-0.15, -0.1) is 0 Å². The minimum atomic E-state index is -0.797. The SMILES string of the molecule is N=C(N)c1cc(F)c(Cl)cc1F. The molecule has 0 fully saturated rings. The zero-order chi connectivity index (χ0) is 9.30. The molecule has 0 spiro atoms. The Labute approximate surface area is 72.5 Å². The standard InChI is InChI=1S/C7H5ClF2N2/c8-4-2-5(9)3(7(11)12)1-6(4)10/h1-2H,(H3,11,12). The third kappa shape index (κ3) is 1.53. The summed E-state index contributed by atoms with van der Waals surface area (Å²) in [5, 5.41) is 6.55. The second-order valence-corrected chi connectivity index (χ2v) is 2.57. The van der Waals surface area contributed by atoms with Crippen LogP contribution in [0.5, 0.6) is 0 Å². The van der Waals surface area contributed by atoms with Gasteiger partial charge < -0.3 is 5.73 Å². The summed E-state index contributed by atoms with van der Waals surface area (Å²) in [6.07, 6.45) is 0. The lowest BCUT2D eigenvalue weighted by atomic mass is 10.2. The molecule has 2 nitrogen and oxygen atoms in total. The van der Waals surface area contributed by atoms with Crippen LogP contribution in [-0.2, 0) is 0 Å². The van der Waals surface area contributed by atoms with E-state index < -0.39 is 17.5 Å². The number of nitrogen functional groups attached to an aromatic ring is 1. The molecule has 0 saturated heterocycles. The molecule has 0 aliphatic heterocycles. The van der Waals surface area contributed by atoms with Crippen LogP contribution in [-0.4, -0.2) is 5.84 Å². The van der Waals surface area contributed by atoms with E-state index in [0.29, 0.717) is 0 Å². The fourth-order valence-corrected chi connectivity index (χ4v) is 0.879. The highest BCUT2D eigenvalue weighted by molar-refractivity contribution is 6.30. The lowest BCUT2D eigenvalue weighted by molar-refractivity contribution is 0.598. The number of hydrogen-bond donors (Lipinski definition) is 2. The molecule has 0 saturated carbocycles. The highest BCUT2D eigenvalue weighted by atomic mass is 35.5. The molecule has 0 radical (unpaired) electrons. The number of nitrogens with one attached hydrogen (secondary N) is 1. The van der Waals surface area contributed by atoms with E-state index in [0.717, 1.165) is 12.1 Å². The van der Waals surface area contributed by atoms with Crippen LogP contribution in [0.2, 0.25) is 5.02 Å². The summed E-state index contributed by atoms with van der Waals surface area (Å²) in [4.78, 5) is 0. The maximum absolute atomic E-state index is 12.8. The largest absolute Gasteiger partial charge is 0.384 e. The van der Waals surface area contributed by atoms with Crippen LogP contribution >= 0.6 is 11.6 Å². The van der Waals surface area contributed by atoms with Gasteiger partial charge in [0, 0.05) is 0 Å². The average molecular weight is 191 g/mol. The van der Waals surface area contributed by atoms with E-state index in [1.165, 1.54) is 0 Å². The van der Waals surface area contributed by atoms with E-state index in [1.807, 2.05) is 0 Å². The zero-order valence-corrected chi connectivity index (χ0v) is 6.62. The first kappa shape index (κ1) is 8.93. The van der Waals surface area contributed by atoms with Gasteiger partial charge >= 0.3 is 0 Å². The van der Waals surface area contributed by atoms with E-state index in [4.69, 9.17) is 22.7 Å². The van der Waals surface area contributed by atoms with Gasteiger partial charge in [-0.25, -0.2) is 8.78 Å². The zero-order valence-electron chi connectivity index (χ0n) is 5.87. The predicted molar refractivity (Wildman–Crippen MR) is 42.4 cm³/mol. The third-order valence-electron chi connectivity index (χ3n) is 1.30. The van der Waals surface area contributed by atoms with Crippen molar-refractivity contribution in [2.45, 2.75) is 0 Å². The lowest BCUT2D eigenvalue weighted by Gasteiger charge is -2.01. The average Bonchev–Trinajstić information content (AvgIpc) is 1.96. The van der Waals surface area contributed by atoms with Gasteiger partial charge in [0.15, 0.2) is 0 Å². The number of halogens is 3. The van der Waals surface area contributed by atoms with Gasteiger partial charge in [-0.2, -0.15) is 0 Å². The Morgan fingerprint density at radius 1 is 1.33 bits per heavy atom. The maximum atomic E-state index is 12.8. The molecule has 3 N–H and O–H groups in total. The van der Waals surface area contributed by atoms with E-state index in [1.54, 1.807) is 0 Å². The molecule has 0 aliphatic carbocycles. The van der Waals surface area contributed by atoms with E-state index >= 15 is 0 Å². The Bertz CT molecular complexity index is 338. The summed E-state index contributed by atoms with van der Waals surface area (Å²) >= 11 is 5.26. The fourth-order valence-electron chi connectivity index (χ4n) is 0.729. The molecule has 0 heterocycles. The van der Waals surface area contributed by atoms with Crippen molar-refractivity contribution in [3.05, 3.63) is 34.4 Å². The van der Waals surface area contributed by atoms with Crippen LogP contribution in [0.4, 0.5) is 8.78 Å². The summed E-state index contributed by atoms with van der Waals surface area (Å²) in [5.74, 6) is -2.11. The molecular weight excluding hydrogens is 186 g/mol. The molecule has 0 unspecified atom stereocenters. The van der Waals surface area contributed by atoms with Crippen molar-refractivity contribution in [2.75, 3.05) is 0 Å². The minimum absolute atomic E-state index is 0.281. The molecule has 1 aromatic rings. The van der Waals surface area contributed by atoms with Crippen LogP contribution in [0.3, 0.4) is 0 Å². The molecule has 64 valence electrons. The van der Waals surface area contributed by atoms with Crippen LogP contribution in [0.1, 0.15) is 5.56 Å². The first-order valence-electron chi connectivity index (χ1n) is 3.01. The minimum Gasteiger partial charge on any atom is -0.384 e. The van der Waals surface area contributed by atoms with Gasteiger partial charge in [0.25, 0.3) is 0 Å². The highest BCUT2D eigenvalue weighted by Crippen LogP contribution is 2.18. The summed E-state index contributed by atoms with van der Waals surface area (Å²) < 4.78 is 25.5. The van der Waals surface area contributed by atoms with Gasteiger partial charge in [-0.1, -0.05) is 11.6 Å². The van der Waals surface area contributed by atoms with Gasteiger partial charge in [-0.05, 0) is 12.1 Å². The number of hydrogen-bond acceptors (Lipinski definition) is 1. The molecular formula is C7H5ClF2N2. The van der Waals surface area contributed by atoms with Gasteiger partial charge in [-0.3, -0.25) is 5.41 Å². The van der Waals surface area contributed by atoms with Crippen molar-refractivity contribution in [3.63, 3.8) is 0 Å². The Morgan fingerprint density at radius 3 is 2.42 bits per heavy atom. The quantitative estimate of drug-likeness (QED) is 0.397. The first-order valence-corrected chi connectivity index (χ1v) is 3.39. The van der Waals surface area contributed by atoms with Crippen LogP contribution in [0, 0.1) is 17.0 Å². The third-order valence-corrected chi connectivity index (χ3v) is 1.59. The second kappa shape index (κ2) is 3.06. The number of benzene rings is 1. The first-order chi connectivity index (χ1) is 5.52. The Balaban J connectivity index is 3.33. The summed E-state index contributed by atoms with van der Waals surface area (Å²) in [6.45, 7) is 0. The van der Waals surface area contributed by atoms with Crippen molar-refractivity contribution in [1.29, 1.82) is 5.41 Å². The molecule has 1 aromatic carbocycles. The Kier molecular flexibility index (Phi) is 2.28. The van der Waals surface area contributed by atoms with Gasteiger partial charge in [0.2, 0.25) is 0 Å². The summed E-state index contributed by atoms with van der Waals surface area (Å²) in [5.41, 5.74) is 4.69. The van der Waals surface area contributed by atoms with Crippen molar-refractivity contribution in [1.82, 2.24) is 0 Å². The normalized spacial score (nSPS) is 9.92. The van der Waals surface area contributed by atoms with Crippen molar-refractivity contribution in [2.24, 2.45) is 5.73 Å². The number of nitrogens with two attached hydrogens (primary N) is 1.